The van der Waals surface area contributed by atoms with Crippen LogP contribution >= 0.6 is 11.3 Å². The topological polar surface area (TPSA) is 112 Å². The fraction of sp³-hybridized carbons (Fsp3) is 0.688. The summed E-state index contributed by atoms with van der Waals surface area (Å²) in [5.74, 6) is -0.281. The number of nitrogens with zero attached hydrogens (tertiary/aromatic N) is 2. The molecule has 0 unspecified atom stereocenters. The first-order chi connectivity index (χ1) is 11.6. The van der Waals surface area contributed by atoms with Gasteiger partial charge in [0.1, 0.15) is 10.5 Å². The SMILES string of the molecule is Cc1ncsc1C(=O)N1C[C@H](O)C[C@@H](NC(=O)OC(C)(C)C)[C@H](O)C1. The number of nitrogens with one attached hydrogen (secondary N) is 1. The van der Waals surface area contributed by atoms with Crippen molar-refractivity contribution in [3.05, 3.63) is 16.1 Å². The van der Waals surface area contributed by atoms with E-state index in [9.17, 15) is 19.8 Å². The summed E-state index contributed by atoms with van der Waals surface area (Å²) in [5, 5.41) is 23.2. The number of aliphatic hydroxyl groups excluding tert-OH is 2. The summed E-state index contributed by atoms with van der Waals surface area (Å²) in [6, 6.07) is -0.704. The first-order valence-electron chi connectivity index (χ1n) is 8.12. The number of likely N-dealkylation sites (tertiary alicyclic amines) is 1. The molecule has 1 aliphatic heterocycles. The predicted molar refractivity (Wildman–Crippen MR) is 92.5 cm³/mol. The van der Waals surface area contributed by atoms with Crippen LogP contribution < -0.4 is 5.32 Å². The number of aryl methyl sites for hydroxylation is 1. The van der Waals surface area contributed by atoms with Gasteiger partial charge in [0.2, 0.25) is 0 Å². The van der Waals surface area contributed by atoms with E-state index < -0.39 is 29.9 Å². The van der Waals surface area contributed by atoms with Crippen molar-refractivity contribution in [3.8, 4) is 0 Å². The van der Waals surface area contributed by atoms with E-state index in [1.807, 2.05) is 0 Å². The van der Waals surface area contributed by atoms with Crippen LogP contribution in [0.5, 0.6) is 0 Å². The summed E-state index contributed by atoms with van der Waals surface area (Å²) >= 11 is 1.22. The second-order valence-electron chi connectivity index (χ2n) is 7.19. The van der Waals surface area contributed by atoms with Crippen LogP contribution in [0.2, 0.25) is 0 Å². The molecule has 3 N–H and O–H groups in total. The second-order valence-corrected chi connectivity index (χ2v) is 8.04. The average Bonchev–Trinajstić information content (AvgIpc) is 2.83. The maximum Gasteiger partial charge on any atom is 0.407 e. The van der Waals surface area contributed by atoms with Gasteiger partial charge < -0.3 is 25.2 Å². The summed E-state index contributed by atoms with van der Waals surface area (Å²) < 4.78 is 5.18. The summed E-state index contributed by atoms with van der Waals surface area (Å²) in [7, 11) is 0. The van der Waals surface area contributed by atoms with Gasteiger partial charge in [0.25, 0.3) is 5.91 Å². The Balaban J connectivity index is 2.05. The van der Waals surface area contributed by atoms with Crippen LogP contribution in [-0.2, 0) is 4.74 Å². The standard InChI is InChI=1S/C16H25N3O5S/c1-9-13(25-8-17-9)14(22)19-6-10(20)5-11(12(21)7-19)18-15(23)24-16(2,3)4/h8,10-12,20-21H,5-7H2,1-4H3,(H,18,23)/t10-,11-,12-/m1/s1. The average molecular weight is 371 g/mol. The molecule has 0 saturated carbocycles. The monoisotopic (exact) mass is 371 g/mol. The van der Waals surface area contributed by atoms with Crippen molar-refractivity contribution in [2.75, 3.05) is 13.1 Å². The van der Waals surface area contributed by atoms with Crippen molar-refractivity contribution in [1.29, 1.82) is 0 Å². The smallest absolute Gasteiger partial charge is 0.407 e. The Hall–Kier alpha value is -1.71. The molecule has 1 aliphatic rings. The highest BCUT2D eigenvalue weighted by Crippen LogP contribution is 2.20. The molecule has 2 rings (SSSR count). The van der Waals surface area contributed by atoms with Crippen molar-refractivity contribution in [2.45, 2.75) is 58.0 Å². The van der Waals surface area contributed by atoms with Crippen LogP contribution in [0.1, 0.15) is 42.6 Å². The summed E-state index contributed by atoms with van der Waals surface area (Å²) in [4.78, 5) is 30.5. The molecule has 3 atom stereocenters. The molecule has 25 heavy (non-hydrogen) atoms. The molecule has 9 heteroatoms. The third-order valence-corrected chi connectivity index (χ3v) is 4.67. The molecular formula is C16H25N3O5S. The fourth-order valence-electron chi connectivity index (χ4n) is 2.64. The van der Waals surface area contributed by atoms with Gasteiger partial charge in [-0.15, -0.1) is 11.3 Å². The first kappa shape index (κ1) is 19.6. The molecule has 0 aliphatic carbocycles. The maximum atomic E-state index is 12.6. The third-order valence-electron chi connectivity index (χ3n) is 3.76. The van der Waals surface area contributed by atoms with Gasteiger partial charge in [-0.05, 0) is 34.1 Å². The molecule has 0 aromatic carbocycles. The molecule has 8 nitrogen and oxygen atoms in total. The van der Waals surface area contributed by atoms with E-state index in [0.29, 0.717) is 10.6 Å². The van der Waals surface area contributed by atoms with Crippen LogP contribution in [0, 0.1) is 6.92 Å². The normalized spacial score (nSPS) is 24.6. The van der Waals surface area contributed by atoms with Crippen LogP contribution in [-0.4, -0.2) is 69.0 Å². The van der Waals surface area contributed by atoms with Crippen molar-refractivity contribution < 1.29 is 24.5 Å². The van der Waals surface area contributed by atoms with Gasteiger partial charge in [-0.2, -0.15) is 0 Å². The molecule has 0 radical (unpaired) electrons. The van der Waals surface area contributed by atoms with E-state index in [1.54, 1.807) is 33.2 Å². The summed E-state index contributed by atoms with van der Waals surface area (Å²) in [5.41, 5.74) is 1.54. The summed E-state index contributed by atoms with van der Waals surface area (Å²) in [6.45, 7) is 7.04. The zero-order valence-corrected chi connectivity index (χ0v) is 15.7. The van der Waals surface area contributed by atoms with Crippen LogP contribution in [0.4, 0.5) is 4.79 Å². The first-order valence-corrected chi connectivity index (χ1v) is 9.00. The van der Waals surface area contributed by atoms with E-state index in [4.69, 9.17) is 4.74 Å². The van der Waals surface area contributed by atoms with Crippen molar-refractivity contribution in [2.24, 2.45) is 0 Å². The highest BCUT2D eigenvalue weighted by Gasteiger charge is 2.34. The van der Waals surface area contributed by atoms with E-state index in [-0.39, 0.29) is 25.4 Å². The molecule has 2 amide bonds. The second kappa shape index (κ2) is 7.67. The number of hydrogen-bond donors (Lipinski definition) is 3. The minimum absolute atomic E-state index is 0.00764. The van der Waals surface area contributed by atoms with Gasteiger partial charge in [0.05, 0.1) is 29.5 Å². The molecule has 1 fully saturated rings. The lowest BCUT2D eigenvalue weighted by Crippen LogP contribution is -2.48. The van der Waals surface area contributed by atoms with E-state index in [0.717, 1.165) is 0 Å². The minimum atomic E-state index is -1.01. The Morgan fingerprint density at radius 1 is 1.36 bits per heavy atom. The number of thiazole rings is 1. The quantitative estimate of drug-likeness (QED) is 0.712. The van der Waals surface area contributed by atoms with E-state index >= 15 is 0 Å². The Morgan fingerprint density at radius 3 is 2.60 bits per heavy atom. The molecule has 140 valence electrons. The molecule has 1 saturated heterocycles. The zero-order valence-electron chi connectivity index (χ0n) is 14.9. The largest absolute Gasteiger partial charge is 0.444 e. The number of ether oxygens (including phenoxy) is 1. The molecular weight excluding hydrogens is 346 g/mol. The van der Waals surface area contributed by atoms with Crippen molar-refractivity contribution in [3.63, 3.8) is 0 Å². The minimum Gasteiger partial charge on any atom is -0.444 e. The lowest BCUT2D eigenvalue weighted by atomic mass is 10.1. The highest BCUT2D eigenvalue weighted by atomic mass is 32.1. The number of aliphatic hydroxyl groups is 2. The maximum absolute atomic E-state index is 12.6. The molecule has 2 heterocycles. The Morgan fingerprint density at radius 2 is 2.04 bits per heavy atom. The number of hydrogen-bond acceptors (Lipinski definition) is 7. The highest BCUT2D eigenvalue weighted by molar-refractivity contribution is 7.11. The third kappa shape index (κ3) is 5.38. The lowest BCUT2D eigenvalue weighted by Gasteiger charge is -2.26. The van der Waals surface area contributed by atoms with E-state index in [1.165, 1.54) is 16.2 Å². The summed E-state index contributed by atoms with van der Waals surface area (Å²) in [6.07, 6.45) is -2.41. The fourth-order valence-corrected chi connectivity index (χ4v) is 3.41. The predicted octanol–water partition coefficient (Wildman–Crippen LogP) is 0.913. The van der Waals surface area contributed by atoms with Crippen molar-refractivity contribution >= 4 is 23.3 Å². The molecule has 0 spiro atoms. The van der Waals surface area contributed by atoms with Gasteiger partial charge in [0.15, 0.2) is 0 Å². The zero-order chi connectivity index (χ0) is 18.8. The number of carbonyl (C=O) groups is 2. The van der Waals surface area contributed by atoms with Crippen LogP contribution in [0.25, 0.3) is 0 Å². The van der Waals surface area contributed by atoms with Gasteiger partial charge in [-0.3, -0.25) is 4.79 Å². The Kier molecular flexibility index (Phi) is 6.02. The van der Waals surface area contributed by atoms with Gasteiger partial charge in [-0.25, -0.2) is 9.78 Å². The van der Waals surface area contributed by atoms with E-state index in [2.05, 4.69) is 10.3 Å². The number of amides is 2. The Labute approximate surface area is 150 Å². The van der Waals surface area contributed by atoms with Crippen LogP contribution in [0.3, 0.4) is 0 Å². The number of alkyl carbamates (subject to hydrolysis) is 1. The van der Waals surface area contributed by atoms with Gasteiger partial charge in [0, 0.05) is 13.1 Å². The molecule has 1 aromatic rings. The number of β-amino-alcohol motifs (C(OH)–C–C–N with tert-alkyl or cyclic N) is 2. The molecule has 0 bridgehead atoms. The van der Waals surface area contributed by atoms with Gasteiger partial charge in [-0.1, -0.05) is 0 Å². The Bertz CT molecular complexity index is 628. The number of rotatable bonds is 2. The lowest BCUT2D eigenvalue weighted by molar-refractivity contribution is 0.0383. The van der Waals surface area contributed by atoms with Gasteiger partial charge >= 0.3 is 6.09 Å². The van der Waals surface area contributed by atoms with Crippen LogP contribution in [0.15, 0.2) is 5.51 Å². The number of aromatic nitrogens is 1. The molecule has 1 aromatic heterocycles. The number of carbonyl (C=O) groups excluding carboxylic acids is 2. The van der Waals surface area contributed by atoms with Crippen molar-refractivity contribution in [1.82, 2.24) is 15.2 Å².